The molecule has 74 valence electrons. The van der Waals surface area contributed by atoms with E-state index in [4.69, 9.17) is 4.74 Å². The van der Waals surface area contributed by atoms with Crippen LogP contribution in [0.5, 0.6) is 0 Å². The first-order valence-electron chi connectivity index (χ1n) is 4.71. The van der Waals surface area contributed by atoms with E-state index in [2.05, 4.69) is 0 Å². The van der Waals surface area contributed by atoms with Crippen molar-refractivity contribution >= 4 is 6.09 Å². The van der Waals surface area contributed by atoms with E-state index >= 15 is 0 Å². The van der Waals surface area contributed by atoms with Gasteiger partial charge in [0, 0.05) is 13.5 Å². The Kier molecular flexibility index (Phi) is 2.39. The lowest BCUT2D eigenvalue weighted by Crippen LogP contribution is -2.20. The highest BCUT2D eigenvalue weighted by Gasteiger charge is 2.27. The molecule has 3 nitrogen and oxygen atoms in total. The second-order valence-corrected chi connectivity index (χ2v) is 3.58. The van der Waals surface area contributed by atoms with E-state index in [0.29, 0.717) is 6.54 Å². The minimum Gasteiger partial charge on any atom is -0.444 e. The normalized spacial score (nSPS) is 21.1. The molecule has 1 atom stereocenters. The molecule has 1 heterocycles. The van der Waals surface area contributed by atoms with E-state index in [1.165, 1.54) is 5.56 Å². The molecule has 14 heavy (non-hydrogen) atoms. The van der Waals surface area contributed by atoms with Crippen molar-refractivity contribution in [3.8, 4) is 0 Å². The van der Waals surface area contributed by atoms with Gasteiger partial charge in [0.15, 0.2) is 0 Å². The molecule has 1 aliphatic rings. The molecule has 0 aromatic heterocycles. The number of nitrogens with zero attached hydrogens (tertiary/aromatic N) is 1. The number of ether oxygens (including phenoxy) is 1. The molecule has 1 aliphatic heterocycles. The van der Waals surface area contributed by atoms with Crippen LogP contribution in [0.25, 0.3) is 0 Å². The summed E-state index contributed by atoms with van der Waals surface area (Å²) in [5, 5.41) is 0. The summed E-state index contributed by atoms with van der Waals surface area (Å²) in [5.41, 5.74) is 1.21. The number of rotatable bonds is 2. The predicted octanol–water partition coefficient (Wildman–Crippen LogP) is 1.68. The number of cyclic esters (lactones) is 1. The second-order valence-electron chi connectivity index (χ2n) is 3.58. The Hall–Kier alpha value is -1.51. The summed E-state index contributed by atoms with van der Waals surface area (Å²) < 4.78 is 5.16. The lowest BCUT2D eigenvalue weighted by molar-refractivity contribution is 0.134. The van der Waals surface area contributed by atoms with E-state index in [1.54, 1.807) is 11.9 Å². The molecule has 0 radical (unpaired) electrons. The van der Waals surface area contributed by atoms with Crippen LogP contribution < -0.4 is 0 Å². The minimum atomic E-state index is -0.217. The maximum Gasteiger partial charge on any atom is 0.409 e. The van der Waals surface area contributed by atoms with E-state index in [-0.39, 0.29) is 12.2 Å². The fourth-order valence-electron chi connectivity index (χ4n) is 1.63. The van der Waals surface area contributed by atoms with Crippen molar-refractivity contribution < 1.29 is 9.53 Å². The minimum absolute atomic E-state index is 0.00917. The molecule has 1 fully saturated rings. The summed E-state index contributed by atoms with van der Waals surface area (Å²) in [4.78, 5) is 12.7. The van der Waals surface area contributed by atoms with E-state index in [9.17, 15) is 4.79 Å². The zero-order valence-electron chi connectivity index (χ0n) is 8.14. The zero-order chi connectivity index (χ0) is 9.97. The maximum absolute atomic E-state index is 11.1. The van der Waals surface area contributed by atoms with Crippen LogP contribution in [-0.2, 0) is 11.2 Å². The molecule has 0 aliphatic carbocycles. The molecule has 0 N–H and O–H groups in total. The van der Waals surface area contributed by atoms with Gasteiger partial charge in [0.25, 0.3) is 0 Å². The third kappa shape index (κ3) is 1.87. The summed E-state index contributed by atoms with van der Waals surface area (Å²) in [5.74, 6) is 0. The Morgan fingerprint density at radius 2 is 2.14 bits per heavy atom. The van der Waals surface area contributed by atoms with Crippen LogP contribution in [-0.4, -0.2) is 30.7 Å². The van der Waals surface area contributed by atoms with Crippen LogP contribution in [0.1, 0.15) is 5.56 Å². The number of carbonyl (C=O) groups is 1. The van der Waals surface area contributed by atoms with Gasteiger partial charge in [0.1, 0.15) is 6.10 Å². The van der Waals surface area contributed by atoms with Crippen molar-refractivity contribution in [2.75, 3.05) is 13.6 Å². The lowest BCUT2D eigenvalue weighted by atomic mass is 10.1. The van der Waals surface area contributed by atoms with E-state index in [0.717, 1.165) is 6.42 Å². The number of amides is 1. The summed E-state index contributed by atoms with van der Waals surface area (Å²) in [6.45, 7) is 0.688. The third-order valence-corrected chi connectivity index (χ3v) is 2.36. The lowest BCUT2D eigenvalue weighted by Gasteiger charge is -2.07. The second kappa shape index (κ2) is 3.70. The number of benzene rings is 1. The summed E-state index contributed by atoms with van der Waals surface area (Å²) in [6, 6.07) is 10.1. The highest BCUT2D eigenvalue weighted by atomic mass is 16.6. The van der Waals surface area contributed by atoms with Crippen LogP contribution in [0.2, 0.25) is 0 Å². The van der Waals surface area contributed by atoms with Crippen molar-refractivity contribution in [2.24, 2.45) is 0 Å². The van der Waals surface area contributed by atoms with Crippen molar-refractivity contribution in [2.45, 2.75) is 12.5 Å². The monoisotopic (exact) mass is 191 g/mol. The molecule has 3 heteroatoms. The largest absolute Gasteiger partial charge is 0.444 e. The quantitative estimate of drug-likeness (QED) is 0.711. The number of hydrogen-bond acceptors (Lipinski definition) is 2. The van der Waals surface area contributed by atoms with Gasteiger partial charge in [-0.3, -0.25) is 0 Å². The molecule has 1 amide bonds. The standard InChI is InChI=1S/C11H13NO2/c1-12-8-10(14-11(12)13)7-9-5-3-2-4-6-9/h2-6,10H,7-8H2,1H3/t10-/m0/s1. The smallest absolute Gasteiger partial charge is 0.409 e. The van der Waals surface area contributed by atoms with Crippen LogP contribution in [0.4, 0.5) is 4.79 Å². The zero-order valence-corrected chi connectivity index (χ0v) is 8.14. The van der Waals surface area contributed by atoms with Gasteiger partial charge >= 0.3 is 6.09 Å². The average molecular weight is 191 g/mol. The Balaban J connectivity index is 1.97. The van der Waals surface area contributed by atoms with Crippen molar-refractivity contribution in [3.05, 3.63) is 35.9 Å². The molecular weight excluding hydrogens is 178 g/mol. The van der Waals surface area contributed by atoms with Crippen molar-refractivity contribution in [1.82, 2.24) is 4.90 Å². The first-order valence-corrected chi connectivity index (χ1v) is 4.71. The van der Waals surface area contributed by atoms with Gasteiger partial charge < -0.3 is 9.64 Å². The topological polar surface area (TPSA) is 29.5 Å². The molecule has 0 spiro atoms. The fourth-order valence-corrected chi connectivity index (χ4v) is 1.63. The Bertz CT molecular complexity index is 323. The van der Waals surface area contributed by atoms with Gasteiger partial charge in [0.05, 0.1) is 6.54 Å². The number of hydrogen-bond donors (Lipinski definition) is 0. The summed E-state index contributed by atoms with van der Waals surface area (Å²) >= 11 is 0. The highest BCUT2D eigenvalue weighted by Crippen LogP contribution is 2.13. The first-order chi connectivity index (χ1) is 6.75. The Morgan fingerprint density at radius 1 is 1.43 bits per heavy atom. The van der Waals surface area contributed by atoms with Gasteiger partial charge in [-0.1, -0.05) is 30.3 Å². The maximum atomic E-state index is 11.1. The molecule has 0 unspecified atom stereocenters. The molecule has 1 aromatic carbocycles. The fraction of sp³-hybridized carbons (Fsp3) is 0.364. The van der Waals surface area contributed by atoms with Gasteiger partial charge in [-0.05, 0) is 5.56 Å². The summed E-state index contributed by atoms with van der Waals surface area (Å²) in [6.07, 6.45) is 0.595. The van der Waals surface area contributed by atoms with Gasteiger partial charge in [-0.2, -0.15) is 0 Å². The van der Waals surface area contributed by atoms with Crippen molar-refractivity contribution in [3.63, 3.8) is 0 Å². The van der Waals surface area contributed by atoms with Crippen LogP contribution in [0.3, 0.4) is 0 Å². The molecule has 1 saturated heterocycles. The van der Waals surface area contributed by atoms with E-state index < -0.39 is 0 Å². The highest BCUT2D eigenvalue weighted by molar-refractivity contribution is 5.69. The Morgan fingerprint density at radius 3 is 2.71 bits per heavy atom. The average Bonchev–Trinajstić information content (AvgIpc) is 2.47. The number of likely N-dealkylation sites (N-methyl/N-ethyl adjacent to an activating group) is 1. The number of carbonyl (C=O) groups excluding carboxylic acids is 1. The molecule has 1 aromatic rings. The van der Waals surface area contributed by atoms with Gasteiger partial charge in [0.2, 0.25) is 0 Å². The van der Waals surface area contributed by atoms with Gasteiger partial charge in [-0.25, -0.2) is 4.79 Å². The SMILES string of the molecule is CN1C[C@H](Cc2ccccc2)OC1=O. The molecular formula is C11H13NO2. The molecule has 0 bridgehead atoms. The molecule has 0 saturated carbocycles. The van der Waals surface area contributed by atoms with Crippen LogP contribution >= 0.6 is 0 Å². The molecule has 2 rings (SSSR count). The third-order valence-electron chi connectivity index (χ3n) is 2.36. The van der Waals surface area contributed by atoms with Crippen molar-refractivity contribution in [1.29, 1.82) is 0 Å². The predicted molar refractivity (Wildman–Crippen MR) is 53.0 cm³/mol. The first kappa shape index (κ1) is 9.06. The van der Waals surface area contributed by atoms with Gasteiger partial charge in [-0.15, -0.1) is 0 Å². The van der Waals surface area contributed by atoms with Crippen LogP contribution in [0.15, 0.2) is 30.3 Å². The van der Waals surface area contributed by atoms with Crippen LogP contribution in [0, 0.1) is 0 Å². The van der Waals surface area contributed by atoms with E-state index in [1.807, 2.05) is 30.3 Å². The summed E-state index contributed by atoms with van der Waals surface area (Å²) in [7, 11) is 1.76. The Labute approximate surface area is 83.3 Å².